The highest BCUT2D eigenvalue weighted by atomic mass is 32.1. The summed E-state index contributed by atoms with van der Waals surface area (Å²) in [6, 6.07) is 4.31. The molecule has 0 saturated carbocycles. The average Bonchev–Trinajstić information content (AvgIpc) is 2.81. The van der Waals surface area contributed by atoms with Gasteiger partial charge in [-0.1, -0.05) is 0 Å². The summed E-state index contributed by atoms with van der Waals surface area (Å²) in [7, 11) is 0. The van der Waals surface area contributed by atoms with Crippen molar-refractivity contribution in [2.24, 2.45) is 0 Å². The number of nitrogens with zero attached hydrogens (tertiary/aromatic N) is 2. The number of rotatable bonds is 6. The minimum absolute atomic E-state index is 0.281. The Balaban J connectivity index is 2.01. The van der Waals surface area contributed by atoms with Gasteiger partial charge in [-0.05, 0) is 42.7 Å². The first-order chi connectivity index (χ1) is 9.17. The molecule has 0 radical (unpaired) electrons. The lowest BCUT2D eigenvalue weighted by atomic mass is 10.1. The maximum atomic E-state index is 5.70. The predicted octanol–water partition coefficient (Wildman–Crippen LogP) is 2.60. The van der Waals surface area contributed by atoms with Crippen molar-refractivity contribution in [2.45, 2.75) is 26.3 Å². The number of thiophene rings is 1. The van der Waals surface area contributed by atoms with E-state index < -0.39 is 0 Å². The Labute approximate surface area is 117 Å². The van der Waals surface area contributed by atoms with Crippen LogP contribution in [0.5, 0.6) is 0 Å². The lowest BCUT2D eigenvalue weighted by Gasteiger charge is -2.15. The van der Waals surface area contributed by atoms with Crippen molar-refractivity contribution in [3.63, 3.8) is 0 Å². The van der Waals surface area contributed by atoms with Gasteiger partial charge in [0.25, 0.3) is 0 Å². The molecule has 0 aliphatic heterocycles. The molecule has 0 aliphatic carbocycles. The maximum Gasteiger partial charge on any atom is 0.223 e. The van der Waals surface area contributed by atoms with E-state index in [1.165, 1.54) is 5.56 Å². The first-order valence-electron chi connectivity index (χ1n) is 6.33. The minimum Gasteiger partial charge on any atom is -0.370 e. The SMILES string of the molecule is CCNc1cc(NC(C)Cc2ccsc2)nc(N)n1. The first-order valence-corrected chi connectivity index (χ1v) is 7.27. The summed E-state index contributed by atoms with van der Waals surface area (Å²) in [6.45, 7) is 4.95. The van der Waals surface area contributed by atoms with Gasteiger partial charge in [-0.25, -0.2) is 0 Å². The summed E-state index contributed by atoms with van der Waals surface area (Å²) in [5.41, 5.74) is 7.03. The summed E-state index contributed by atoms with van der Waals surface area (Å²) in [6.07, 6.45) is 0.962. The summed E-state index contributed by atoms with van der Waals surface area (Å²) in [4.78, 5) is 8.33. The van der Waals surface area contributed by atoms with Crippen molar-refractivity contribution in [2.75, 3.05) is 22.9 Å². The molecular weight excluding hydrogens is 258 g/mol. The number of nitrogens with two attached hydrogens (primary N) is 1. The van der Waals surface area contributed by atoms with Gasteiger partial charge >= 0.3 is 0 Å². The largest absolute Gasteiger partial charge is 0.370 e. The van der Waals surface area contributed by atoms with E-state index in [0.717, 1.165) is 24.6 Å². The van der Waals surface area contributed by atoms with E-state index in [1.54, 1.807) is 11.3 Å². The van der Waals surface area contributed by atoms with E-state index in [-0.39, 0.29) is 5.95 Å². The van der Waals surface area contributed by atoms with Crippen LogP contribution in [0.4, 0.5) is 17.6 Å². The first kappa shape index (κ1) is 13.6. The second-order valence-corrected chi connectivity index (χ2v) is 5.19. The molecule has 5 nitrogen and oxygen atoms in total. The minimum atomic E-state index is 0.281. The highest BCUT2D eigenvalue weighted by Gasteiger charge is 2.07. The Kier molecular flexibility index (Phi) is 4.57. The monoisotopic (exact) mass is 277 g/mol. The fourth-order valence-electron chi connectivity index (χ4n) is 1.88. The van der Waals surface area contributed by atoms with Crippen LogP contribution in [-0.4, -0.2) is 22.6 Å². The predicted molar refractivity (Wildman–Crippen MR) is 81.7 cm³/mol. The molecule has 1 unspecified atom stereocenters. The molecule has 0 bridgehead atoms. The Bertz CT molecular complexity index is 512. The van der Waals surface area contributed by atoms with Crippen LogP contribution in [0.3, 0.4) is 0 Å². The summed E-state index contributed by atoms with van der Waals surface area (Å²) >= 11 is 1.72. The van der Waals surface area contributed by atoms with Crippen LogP contribution in [0.1, 0.15) is 19.4 Å². The van der Waals surface area contributed by atoms with E-state index >= 15 is 0 Å². The molecule has 1 atom stereocenters. The number of aromatic nitrogens is 2. The molecule has 2 heterocycles. The Morgan fingerprint density at radius 2 is 2.16 bits per heavy atom. The third-order valence-corrected chi connectivity index (χ3v) is 3.35. The fourth-order valence-corrected chi connectivity index (χ4v) is 2.56. The number of hydrogen-bond donors (Lipinski definition) is 3. The van der Waals surface area contributed by atoms with Gasteiger partial charge < -0.3 is 16.4 Å². The van der Waals surface area contributed by atoms with E-state index in [0.29, 0.717) is 6.04 Å². The van der Waals surface area contributed by atoms with Crippen molar-refractivity contribution in [3.8, 4) is 0 Å². The van der Waals surface area contributed by atoms with E-state index in [1.807, 2.05) is 13.0 Å². The van der Waals surface area contributed by atoms with Crippen LogP contribution in [0.25, 0.3) is 0 Å². The van der Waals surface area contributed by atoms with Crippen LogP contribution >= 0.6 is 11.3 Å². The normalized spacial score (nSPS) is 12.1. The smallest absolute Gasteiger partial charge is 0.223 e. The van der Waals surface area contributed by atoms with Crippen molar-refractivity contribution >= 4 is 28.9 Å². The van der Waals surface area contributed by atoms with Gasteiger partial charge in [0.2, 0.25) is 5.95 Å². The summed E-state index contributed by atoms with van der Waals surface area (Å²) in [5, 5.41) is 10.7. The second-order valence-electron chi connectivity index (χ2n) is 4.41. The molecule has 0 aromatic carbocycles. The summed E-state index contributed by atoms with van der Waals surface area (Å²) < 4.78 is 0. The van der Waals surface area contributed by atoms with Crippen LogP contribution < -0.4 is 16.4 Å². The van der Waals surface area contributed by atoms with Crippen LogP contribution in [-0.2, 0) is 6.42 Å². The fraction of sp³-hybridized carbons (Fsp3) is 0.385. The van der Waals surface area contributed by atoms with Gasteiger partial charge in [-0.15, -0.1) is 0 Å². The standard InChI is InChI=1S/C13H19N5S/c1-3-15-11-7-12(18-13(14)17-11)16-9(2)6-10-4-5-19-8-10/h4-5,7-9H,3,6H2,1-2H3,(H4,14,15,16,17,18). The van der Waals surface area contributed by atoms with Gasteiger partial charge in [-0.2, -0.15) is 21.3 Å². The molecule has 0 amide bonds. The Morgan fingerprint density at radius 1 is 1.37 bits per heavy atom. The number of hydrogen-bond acceptors (Lipinski definition) is 6. The molecule has 0 fully saturated rings. The molecule has 4 N–H and O–H groups in total. The third kappa shape index (κ3) is 4.10. The number of anilines is 3. The number of nitrogens with one attached hydrogen (secondary N) is 2. The quantitative estimate of drug-likeness (QED) is 0.756. The molecule has 6 heteroatoms. The zero-order valence-corrected chi connectivity index (χ0v) is 12.0. The van der Waals surface area contributed by atoms with Gasteiger partial charge in [0.05, 0.1) is 0 Å². The molecule has 0 spiro atoms. The lowest BCUT2D eigenvalue weighted by Crippen LogP contribution is -2.19. The molecule has 102 valence electrons. The second kappa shape index (κ2) is 6.38. The van der Waals surface area contributed by atoms with Crippen molar-refractivity contribution in [1.29, 1.82) is 0 Å². The molecule has 0 saturated heterocycles. The van der Waals surface area contributed by atoms with Crippen LogP contribution in [0.2, 0.25) is 0 Å². The van der Waals surface area contributed by atoms with E-state index in [9.17, 15) is 0 Å². The highest BCUT2D eigenvalue weighted by Crippen LogP contribution is 2.15. The van der Waals surface area contributed by atoms with Gasteiger partial charge in [0, 0.05) is 18.7 Å². The van der Waals surface area contributed by atoms with Gasteiger partial charge in [-0.3, -0.25) is 0 Å². The molecule has 2 rings (SSSR count). The third-order valence-electron chi connectivity index (χ3n) is 2.62. The van der Waals surface area contributed by atoms with Crippen molar-refractivity contribution in [3.05, 3.63) is 28.5 Å². The van der Waals surface area contributed by atoms with Crippen molar-refractivity contribution < 1.29 is 0 Å². The zero-order chi connectivity index (χ0) is 13.7. The maximum absolute atomic E-state index is 5.70. The van der Waals surface area contributed by atoms with Crippen molar-refractivity contribution in [1.82, 2.24) is 9.97 Å². The molecule has 19 heavy (non-hydrogen) atoms. The topological polar surface area (TPSA) is 75.9 Å². The molecule has 2 aromatic rings. The van der Waals surface area contributed by atoms with Gasteiger partial charge in [0.15, 0.2) is 0 Å². The lowest BCUT2D eigenvalue weighted by molar-refractivity contribution is 0.786. The summed E-state index contributed by atoms with van der Waals surface area (Å²) in [5.74, 6) is 1.79. The number of nitrogen functional groups attached to an aromatic ring is 1. The van der Waals surface area contributed by atoms with E-state index in [2.05, 4.69) is 44.4 Å². The molecule has 2 aromatic heterocycles. The Hall–Kier alpha value is -1.82. The van der Waals surface area contributed by atoms with Gasteiger partial charge in [0.1, 0.15) is 11.6 Å². The van der Waals surface area contributed by atoms with Crippen LogP contribution in [0.15, 0.2) is 22.9 Å². The van der Waals surface area contributed by atoms with Crippen LogP contribution in [0, 0.1) is 0 Å². The van der Waals surface area contributed by atoms with E-state index in [4.69, 9.17) is 5.73 Å². The average molecular weight is 277 g/mol. The zero-order valence-electron chi connectivity index (χ0n) is 11.2. The molecular formula is C13H19N5S. The highest BCUT2D eigenvalue weighted by molar-refractivity contribution is 7.07. The molecule has 0 aliphatic rings. The Morgan fingerprint density at radius 3 is 2.84 bits per heavy atom.